The number of rotatable bonds is 10. The van der Waals surface area contributed by atoms with E-state index in [1.165, 1.54) is 13.8 Å². The van der Waals surface area contributed by atoms with Crippen molar-refractivity contribution in [2.75, 3.05) is 13.7 Å². The van der Waals surface area contributed by atoms with Crippen LogP contribution >= 0.6 is 0 Å². The van der Waals surface area contributed by atoms with Crippen molar-refractivity contribution in [3.05, 3.63) is 0 Å². The molecule has 5 N–H and O–H groups in total. The van der Waals surface area contributed by atoms with Crippen molar-refractivity contribution >= 4 is 17.7 Å². The molecule has 0 radical (unpaired) electrons. The predicted octanol–water partition coefficient (Wildman–Crippen LogP) is -1.91. The van der Waals surface area contributed by atoms with Gasteiger partial charge in [0.05, 0.1) is 25.9 Å². The summed E-state index contributed by atoms with van der Waals surface area (Å²) in [6, 6.07) is -2.91. The largest absolute Gasteiger partial charge is 0.467 e. The molecule has 0 spiro atoms. The molecular weight excluding hydrogens is 306 g/mol. The third kappa shape index (κ3) is 7.04. The van der Waals surface area contributed by atoms with Gasteiger partial charge in [0, 0.05) is 0 Å². The first-order valence-electron chi connectivity index (χ1n) is 7.34. The number of hydrazine groups is 1. The molecule has 0 saturated carbocycles. The number of hydrogen-bond donors (Lipinski definition) is 5. The molecule has 23 heavy (non-hydrogen) atoms. The van der Waals surface area contributed by atoms with Crippen molar-refractivity contribution < 1.29 is 29.3 Å². The van der Waals surface area contributed by atoms with Crippen molar-refractivity contribution in [1.82, 2.24) is 16.2 Å². The maximum absolute atomic E-state index is 12.1. The Morgan fingerprint density at radius 1 is 1.09 bits per heavy atom. The van der Waals surface area contributed by atoms with Gasteiger partial charge in [-0.3, -0.25) is 9.59 Å². The Morgan fingerprint density at radius 2 is 1.61 bits per heavy atom. The lowest BCUT2D eigenvalue weighted by Crippen LogP contribution is -2.61. The smallest absolute Gasteiger partial charge is 0.330 e. The first-order chi connectivity index (χ1) is 10.6. The van der Waals surface area contributed by atoms with Crippen LogP contribution < -0.4 is 16.2 Å². The van der Waals surface area contributed by atoms with Gasteiger partial charge in [-0.25, -0.2) is 15.6 Å². The van der Waals surface area contributed by atoms with E-state index in [1.807, 2.05) is 13.8 Å². The summed E-state index contributed by atoms with van der Waals surface area (Å²) in [7, 11) is 1.13. The third-order valence-electron chi connectivity index (χ3n) is 3.25. The van der Waals surface area contributed by atoms with Crippen LogP contribution in [0, 0.1) is 5.92 Å². The lowest BCUT2D eigenvalue weighted by atomic mass is 10.0. The van der Waals surface area contributed by atoms with Crippen LogP contribution in [-0.2, 0) is 19.1 Å². The van der Waals surface area contributed by atoms with E-state index in [0.717, 1.165) is 7.11 Å². The van der Waals surface area contributed by atoms with Crippen LogP contribution in [0.3, 0.4) is 0 Å². The molecule has 1 amide bonds. The molecule has 0 aromatic heterocycles. The van der Waals surface area contributed by atoms with Gasteiger partial charge in [-0.1, -0.05) is 13.8 Å². The Bertz CT molecular complexity index is 413. The van der Waals surface area contributed by atoms with Crippen LogP contribution in [-0.4, -0.2) is 65.8 Å². The summed E-state index contributed by atoms with van der Waals surface area (Å²) < 4.78 is 4.45. The number of aliphatic hydroxyl groups excluding tert-OH is 2. The van der Waals surface area contributed by atoms with E-state index in [0.29, 0.717) is 0 Å². The fourth-order valence-corrected chi connectivity index (χ4v) is 1.91. The molecule has 0 fully saturated rings. The molecule has 134 valence electrons. The Morgan fingerprint density at radius 3 is 1.96 bits per heavy atom. The standard InChI is InChI=1S/C14H27N3O6/c1-7(2)11(8(3)19)16-17-12(9(4)20)13(21)15-10(6-18)14(22)23-5/h7,9-12,16-18,20H,6H2,1-5H3,(H,15,21)/t9-,10+,11+,12+/m1/s1. The lowest BCUT2D eigenvalue weighted by molar-refractivity contribution is -0.146. The number of hydrogen-bond acceptors (Lipinski definition) is 8. The van der Waals surface area contributed by atoms with E-state index in [4.69, 9.17) is 5.11 Å². The normalized spacial score (nSPS) is 16.3. The van der Waals surface area contributed by atoms with Crippen molar-refractivity contribution in [1.29, 1.82) is 0 Å². The average molecular weight is 333 g/mol. The maximum atomic E-state index is 12.1. The highest BCUT2D eigenvalue weighted by Crippen LogP contribution is 2.02. The zero-order chi connectivity index (χ0) is 18.2. The number of esters is 1. The fraction of sp³-hybridized carbons (Fsp3) is 0.786. The summed E-state index contributed by atoms with van der Waals surface area (Å²) in [5.41, 5.74) is 5.32. The Kier molecular flexibility index (Phi) is 9.58. The molecule has 4 atom stereocenters. The molecule has 0 heterocycles. The highest BCUT2D eigenvalue weighted by atomic mass is 16.5. The van der Waals surface area contributed by atoms with Crippen LogP contribution in [0.4, 0.5) is 0 Å². The topological polar surface area (TPSA) is 137 Å². The van der Waals surface area contributed by atoms with Gasteiger partial charge in [-0.05, 0) is 19.8 Å². The van der Waals surface area contributed by atoms with Gasteiger partial charge in [-0.15, -0.1) is 0 Å². The van der Waals surface area contributed by atoms with E-state index in [2.05, 4.69) is 20.9 Å². The SMILES string of the molecule is COC(=O)[C@H](CO)NC(=O)[C@@H](NN[C@H](C(C)=O)C(C)C)[C@@H](C)O. The maximum Gasteiger partial charge on any atom is 0.330 e. The van der Waals surface area contributed by atoms with Crippen molar-refractivity contribution in [3.8, 4) is 0 Å². The summed E-state index contributed by atoms with van der Waals surface area (Å²) in [4.78, 5) is 35.1. The first-order valence-corrected chi connectivity index (χ1v) is 7.34. The molecule has 0 aromatic rings. The van der Waals surface area contributed by atoms with Gasteiger partial charge < -0.3 is 20.3 Å². The number of methoxy groups -OCH3 is 1. The summed E-state index contributed by atoms with van der Waals surface area (Å²) in [6.07, 6.45) is -1.11. The minimum absolute atomic E-state index is 0.0297. The molecule has 0 saturated heterocycles. The van der Waals surface area contributed by atoms with Crippen LogP contribution in [0.1, 0.15) is 27.7 Å². The summed E-state index contributed by atoms with van der Waals surface area (Å²) >= 11 is 0. The first kappa shape index (κ1) is 21.4. The molecule has 0 aliphatic carbocycles. The van der Waals surface area contributed by atoms with E-state index >= 15 is 0 Å². The minimum atomic E-state index is -1.23. The Labute approximate surface area is 135 Å². The number of carbonyl (C=O) groups is 3. The number of aliphatic hydroxyl groups is 2. The van der Waals surface area contributed by atoms with Crippen molar-refractivity contribution in [2.45, 2.75) is 51.9 Å². The van der Waals surface area contributed by atoms with Crippen LogP contribution in [0.5, 0.6) is 0 Å². The molecule has 0 aliphatic heterocycles. The van der Waals surface area contributed by atoms with E-state index in [-0.39, 0.29) is 11.7 Å². The van der Waals surface area contributed by atoms with Gasteiger partial charge in [0.25, 0.3) is 0 Å². The predicted molar refractivity (Wildman–Crippen MR) is 82.1 cm³/mol. The van der Waals surface area contributed by atoms with Gasteiger partial charge in [0.1, 0.15) is 11.8 Å². The molecule has 9 heteroatoms. The number of ketones is 1. The summed E-state index contributed by atoms with van der Waals surface area (Å²) in [5, 5.41) is 21.1. The quantitative estimate of drug-likeness (QED) is 0.231. The van der Waals surface area contributed by atoms with E-state index < -0.39 is 42.7 Å². The molecule has 0 aromatic carbocycles. The van der Waals surface area contributed by atoms with Crippen molar-refractivity contribution in [2.24, 2.45) is 5.92 Å². The third-order valence-corrected chi connectivity index (χ3v) is 3.25. The molecular formula is C14H27N3O6. The highest BCUT2D eigenvalue weighted by Gasteiger charge is 2.29. The zero-order valence-corrected chi connectivity index (χ0v) is 14.1. The van der Waals surface area contributed by atoms with Gasteiger partial charge in [0.2, 0.25) is 5.91 Å². The number of ether oxygens (including phenoxy) is 1. The average Bonchev–Trinajstić information content (AvgIpc) is 2.46. The highest BCUT2D eigenvalue weighted by molar-refractivity contribution is 5.88. The summed E-state index contributed by atoms with van der Waals surface area (Å²) in [5.74, 6) is -1.68. The van der Waals surface area contributed by atoms with Crippen LogP contribution in [0.2, 0.25) is 0 Å². The Hall–Kier alpha value is -1.55. The van der Waals surface area contributed by atoms with E-state index in [9.17, 15) is 19.5 Å². The van der Waals surface area contributed by atoms with Crippen LogP contribution in [0.25, 0.3) is 0 Å². The second kappa shape index (κ2) is 10.3. The number of Topliss-reactive ketones (excluding diaryl/α,β-unsaturated/α-hetero) is 1. The minimum Gasteiger partial charge on any atom is -0.467 e. The van der Waals surface area contributed by atoms with Gasteiger partial charge in [0.15, 0.2) is 6.04 Å². The van der Waals surface area contributed by atoms with Gasteiger partial charge in [-0.2, -0.15) is 0 Å². The second-order valence-electron chi connectivity index (χ2n) is 5.61. The molecule has 0 bridgehead atoms. The number of nitrogens with one attached hydrogen (secondary N) is 3. The van der Waals surface area contributed by atoms with Crippen LogP contribution in [0.15, 0.2) is 0 Å². The Balaban J connectivity index is 4.87. The molecule has 0 rings (SSSR count). The van der Waals surface area contributed by atoms with E-state index in [1.54, 1.807) is 0 Å². The summed E-state index contributed by atoms with van der Waals surface area (Å²) in [6.45, 7) is 5.81. The molecule has 0 unspecified atom stereocenters. The molecule has 0 aliphatic rings. The monoisotopic (exact) mass is 333 g/mol. The van der Waals surface area contributed by atoms with Gasteiger partial charge >= 0.3 is 5.97 Å². The second-order valence-corrected chi connectivity index (χ2v) is 5.61. The molecule has 9 nitrogen and oxygen atoms in total. The zero-order valence-electron chi connectivity index (χ0n) is 14.1. The fourth-order valence-electron chi connectivity index (χ4n) is 1.91. The lowest BCUT2D eigenvalue weighted by Gasteiger charge is -2.27. The number of carbonyl (C=O) groups excluding carboxylic acids is 3. The number of amides is 1. The van der Waals surface area contributed by atoms with Crippen molar-refractivity contribution in [3.63, 3.8) is 0 Å².